The number of hydrogen-bond acceptors (Lipinski definition) is 3. The van der Waals surface area contributed by atoms with Gasteiger partial charge in [-0.25, -0.2) is 4.99 Å². The third-order valence-corrected chi connectivity index (χ3v) is 3.00. The molecule has 1 aliphatic rings. The molecule has 5 nitrogen and oxygen atoms in total. The van der Waals surface area contributed by atoms with Gasteiger partial charge >= 0.3 is 5.97 Å². The highest BCUT2D eigenvalue weighted by Crippen LogP contribution is 2.18. The number of ether oxygens (including phenoxy) is 1. The Hall–Kier alpha value is -1.70. The average molecular weight is 265 g/mol. The number of carbonyl (C=O) groups excluding carboxylic acids is 1. The van der Waals surface area contributed by atoms with Crippen LogP contribution in [0.2, 0.25) is 0 Å². The van der Waals surface area contributed by atoms with E-state index in [0.29, 0.717) is 19.7 Å². The molecule has 5 heteroatoms. The van der Waals surface area contributed by atoms with Gasteiger partial charge in [-0.2, -0.15) is 0 Å². The third kappa shape index (κ3) is 4.82. The molecule has 0 bridgehead atoms. The lowest BCUT2D eigenvalue weighted by Crippen LogP contribution is -2.48. The van der Waals surface area contributed by atoms with Gasteiger partial charge in [0.15, 0.2) is 5.96 Å². The summed E-state index contributed by atoms with van der Waals surface area (Å²) in [6.07, 6.45) is 7.08. The predicted octanol–water partition coefficient (Wildman–Crippen LogP) is 0.860. The molecule has 0 radical (unpaired) electrons. The number of carbonyl (C=O) groups is 1. The Morgan fingerprint density at radius 1 is 1.58 bits per heavy atom. The van der Waals surface area contributed by atoms with Crippen molar-refractivity contribution in [2.24, 2.45) is 10.9 Å². The average Bonchev–Trinajstić information content (AvgIpc) is 2.44. The second-order valence-electron chi connectivity index (χ2n) is 4.41. The van der Waals surface area contributed by atoms with E-state index in [0.717, 1.165) is 31.9 Å². The van der Waals surface area contributed by atoms with Gasteiger partial charge in [-0.1, -0.05) is 5.92 Å². The lowest BCUT2D eigenvalue weighted by Gasteiger charge is -2.33. The number of guanidine groups is 1. The third-order valence-electron chi connectivity index (χ3n) is 3.00. The van der Waals surface area contributed by atoms with E-state index in [1.807, 2.05) is 13.8 Å². The molecule has 0 amide bonds. The van der Waals surface area contributed by atoms with Crippen LogP contribution in [-0.2, 0) is 9.53 Å². The highest BCUT2D eigenvalue weighted by molar-refractivity contribution is 5.81. The highest BCUT2D eigenvalue weighted by Gasteiger charge is 2.28. The van der Waals surface area contributed by atoms with Crippen molar-refractivity contribution in [1.82, 2.24) is 10.2 Å². The van der Waals surface area contributed by atoms with Crippen LogP contribution in [0.4, 0.5) is 0 Å². The van der Waals surface area contributed by atoms with Crippen LogP contribution in [0.5, 0.6) is 0 Å². The number of rotatable bonds is 4. The number of hydrogen-bond donors (Lipinski definition) is 1. The van der Waals surface area contributed by atoms with Crippen molar-refractivity contribution in [3.8, 4) is 12.3 Å². The molecule has 106 valence electrons. The molecule has 0 aromatic heterocycles. The Morgan fingerprint density at radius 3 is 3.00 bits per heavy atom. The van der Waals surface area contributed by atoms with Gasteiger partial charge in [-0.05, 0) is 26.7 Å². The van der Waals surface area contributed by atoms with E-state index in [-0.39, 0.29) is 11.9 Å². The smallest absolute Gasteiger partial charge is 0.310 e. The van der Waals surface area contributed by atoms with Gasteiger partial charge in [0.05, 0.1) is 12.5 Å². The molecule has 0 saturated carbocycles. The molecule has 0 spiro atoms. The van der Waals surface area contributed by atoms with Crippen LogP contribution >= 0.6 is 0 Å². The Kier molecular flexibility index (Phi) is 6.80. The molecule has 1 rings (SSSR count). The van der Waals surface area contributed by atoms with Gasteiger partial charge in [0.1, 0.15) is 6.54 Å². The molecular formula is C14H23N3O2. The summed E-state index contributed by atoms with van der Waals surface area (Å²) in [6, 6.07) is 0. The van der Waals surface area contributed by atoms with Crippen molar-refractivity contribution >= 4 is 11.9 Å². The predicted molar refractivity (Wildman–Crippen MR) is 75.7 cm³/mol. The van der Waals surface area contributed by atoms with Crippen molar-refractivity contribution in [2.45, 2.75) is 26.7 Å². The van der Waals surface area contributed by atoms with Crippen LogP contribution in [0.15, 0.2) is 4.99 Å². The van der Waals surface area contributed by atoms with E-state index >= 15 is 0 Å². The normalized spacial score (nSPS) is 19.7. The summed E-state index contributed by atoms with van der Waals surface area (Å²) in [5, 5.41) is 3.21. The molecular weight excluding hydrogens is 242 g/mol. The number of esters is 1. The fourth-order valence-electron chi connectivity index (χ4n) is 2.17. The maximum Gasteiger partial charge on any atom is 0.310 e. The van der Waals surface area contributed by atoms with Crippen LogP contribution < -0.4 is 5.32 Å². The van der Waals surface area contributed by atoms with Crippen LogP contribution in [-0.4, -0.2) is 49.6 Å². The van der Waals surface area contributed by atoms with Crippen LogP contribution in [0.1, 0.15) is 26.7 Å². The summed E-state index contributed by atoms with van der Waals surface area (Å²) in [4.78, 5) is 18.2. The van der Waals surface area contributed by atoms with E-state index < -0.39 is 0 Å². The van der Waals surface area contributed by atoms with Gasteiger partial charge in [-0.3, -0.25) is 4.79 Å². The fraction of sp³-hybridized carbons (Fsp3) is 0.714. The zero-order chi connectivity index (χ0) is 14.1. The second kappa shape index (κ2) is 8.41. The molecule has 0 aromatic rings. The Bertz CT molecular complexity index is 360. The summed E-state index contributed by atoms with van der Waals surface area (Å²) in [6.45, 7) is 6.95. The first-order valence-electron chi connectivity index (χ1n) is 6.86. The van der Waals surface area contributed by atoms with E-state index in [1.54, 1.807) is 0 Å². The fourth-order valence-corrected chi connectivity index (χ4v) is 2.17. The minimum Gasteiger partial charge on any atom is -0.466 e. The summed E-state index contributed by atoms with van der Waals surface area (Å²) >= 11 is 0. The quantitative estimate of drug-likeness (QED) is 0.354. The van der Waals surface area contributed by atoms with E-state index in [2.05, 4.69) is 21.1 Å². The maximum atomic E-state index is 11.8. The van der Waals surface area contributed by atoms with E-state index in [4.69, 9.17) is 11.2 Å². The number of nitrogens with one attached hydrogen (secondary N) is 1. The van der Waals surface area contributed by atoms with Crippen LogP contribution in [0.25, 0.3) is 0 Å². The number of piperidine rings is 1. The van der Waals surface area contributed by atoms with Gasteiger partial charge in [0.2, 0.25) is 0 Å². The Labute approximate surface area is 115 Å². The first-order chi connectivity index (χ1) is 9.22. The molecule has 0 aromatic carbocycles. The van der Waals surface area contributed by atoms with Gasteiger partial charge in [0, 0.05) is 19.6 Å². The van der Waals surface area contributed by atoms with Crippen molar-refractivity contribution in [3.05, 3.63) is 0 Å². The number of nitrogens with zero attached hydrogens (tertiary/aromatic N) is 2. The highest BCUT2D eigenvalue weighted by atomic mass is 16.5. The number of likely N-dealkylation sites (tertiary alicyclic amines) is 1. The summed E-state index contributed by atoms with van der Waals surface area (Å²) in [7, 11) is 0. The summed E-state index contributed by atoms with van der Waals surface area (Å²) < 4.78 is 5.09. The van der Waals surface area contributed by atoms with Gasteiger partial charge in [-0.15, -0.1) is 6.42 Å². The standard InChI is InChI=1S/C14H23N3O2/c1-4-9-16-14(15-5-2)17-10-7-8-12(11-17)13(18)19-6-3/h1,12H,5-11H2,2-3H3,(H,15,16). The van der Waals surface area contributed by atoms with Crippen LogP contribution in [0.3, 0.4) is 0 Å². The molecule has 1 aliphatic heterocycles. The molecule has 1 N–H and O–H groups in total. The SMILES string of the molecule is C#CCN=C(NCC)N1CCCC(C(=O)OCC)C1. The largest absolute Gasteiger partial charge is 0.466 e. The molecule has 1 atom stereocenters. The van der Waals surface area contributed by atoms with Gasteiger partial charge < -0.3 is 15.0 Å². The first-order valence-corrected chi connectivity index (χ1v) is 6.86. The molecule has 1 saturated heterocycles. The maximum absolute atomic E-state index is 11.8. The first kappa shape index (κ1) is 15.4. The van der Waals surface area contributed by atoms with Crippen molar-refractivity contribution in [3.63, 3.8) is 0 Å². The summed E-state index contributed by atoms with van der Waals surface area (Å²) in [5.41, 5.74) is 0. The Balaban J connectivity index is 2.65. The topological polar surface area (TPSA) is 53.9 Å². The lowest BCUT2D eigenvalue weighted by atomic mass is 9.98. The van der Waals surface area contributed by atoms with Crippen molar-refractivity contribution in [1.29, 1.82) is 0 Å². The molecule has 0 aliphatic carbocycles. The minimum absolute atomic E-state index is 0.0663. The van der Waals surface area contributed by atoms with E-state index in [1.165, 1.54) is 0 Å². The van der Waals surface area contributed by atoms with Crippen molar-refractivity contribution < 1.29 is 9.53 Å². The van der Waals surface area contributed by atoms with E-state index in [9.17, 15) is 4.79 Å². The van der Waals surface area contributed by atoms with Crippen molar-refractivity contribution in [2.75, 3.05) is 32.8 Å². The van der Waals surface area contributed by atoms with Crippen LogP contribution in [0, 0.1) is 18.3 Å². The zero-order valence-electron chi connectivity index (χ0n) is 11.8. The molecule has 1 heterocycles. The molecule has 19 heavy (non-hydrogen) atoms. The minimum atomic E-state index is -0.111. The lowest BCUT2D eigenvalue weighted by molar-refractivity contribution is -0.149. The Morgan fingerprint density at radius 2 is 2.37 bits per heavy atom. The molecule has 1 fully saturated rings. The zero-order valence-corrected chi connectivity index (χ0v) is 11.8. The monoisotopic (exact) mass is 265 g/mol. The van der Waals surface area contributed by atoms with Gasteiger partial charge in [0.25, 0.3) is 0 Å². The second-order valence-corrected chi connectivity index (χ2v) is 4.41. The number of terminal acetylenes is 1. The summed E-state index contributed by atoms with van der Waals surface area (Å²) in [5.74, 6) is 3.11. The number of aliphatic imine (C=N–C) groups is 1. The molecule has 1 unspecified atom stereocenters.